The first kappa shape index (κ1) is 17.4. The normalized spacial score (nSPS) is 12.9. The van der Waals surface area contributed by atoms with E-state index in [1.165, 1.54) is 25.3 Å². The van der Waals surface area contributed by atoms with E-state index in [2.05, 4.69) is 5.32 Å². The molecule has 3 rings (SSSR count). The Balaban J connectivity index is 2.14. The standard InChI is InChI=1S/C16H13F2N3O5/c1-25-9-3-2-7(4-10(9)26-6-11(17)18)21-12(22)5-8-13(14(21)19)16(24)20-15(8)23/h2-5,11H,6,19H2,1H3,(H,20,23,24). The first-order valence-corrected chi connectivity index (χ1v) is 7.34. The van der Waals surface area contributed by atoms with Crippen LogP contribution in [0.25, 0.3) is 5.69 Å². The number of carbonyl (C=O) groups excluding carboxylic acids is 2. The molecule has 0 saturated carbocycles. The number of nitrogens with zero attached hydrogens (tertiary/aromatic N) is 1. The number of rotatable bonds is 5. The summed E-state index contributed by atoms with van der Waals surface area (Å²) in [7, 11) is 1.33. The molecule has 0 radical (unpaired) electrons. The topological polar surface area (TPSA) is 113 Å². The summed E-state index contributed by atoms with van der Waals surface area (Å²) in [5.74, 6) is -1.54. The lowest BCUT2D eigenvalue weighted by Crippen LogP contribution is -2.24. The zero-order chi connectivity index (χ0) is 19.0. The molecule has 0 aliphatic carbocycles. The lowest BCUT2D eigenvalue weighted by atomic mass is 10.1. The van der Waals surface area contributed by atoms with Gasteiger partial charge in [0, 0.05) is 12.1 Å². The third-order valence-electron chi connectivity index (χ3n) is 3.72. The minimum absolute atomic E-state index is 0.0300. The summed E-state index contributed by atoms with van der Waals surface area (Å²) in [5.41, 5.74) is 5.17. The highest BCUT2D eigenvalue weighted by Crippen LogP contribution is 2.31. The van der Waals surface area contributed by atoms with Gasteiger partial charge in [0.1, 0.15) is 12.4 Å². The van der Waals surface area contributed by atoms with Gasteiger partial charge in [-0.05, 0) is 12.1 Å². The number of carbonyl (C=O) groups is 2. The van der Waals surface area contributed by atoms with E-state index in [1.807, 2.05) is 0 Å². The molecule has 136 valence electrons. The fourth-order valence-corrected chi connectivity index (χ4v) is 2.62. The van der Waals surface area contributed by atoms with Crippen molar-refractivity contribution >= 4 is 17.6 Å². The second kappa shape index (κ2) is 6.47. The van der Waals surface area contributed by atoms with E-state index in [0.717, 1.165) is 10.6 Å². The molecule has 2 amide bonds. The Morgan fingerprint density at radius 1 is 1.15 bits per heavy atom. The molecule has 0 spiro atoms. The van der Waals surface area contributed by atoms with Gasteiger partial charge in [0.15, 0.2) is 11.5 Å². The van der Waals surface area contributed by atoms with Crippen LogP contribution in [0.4, 0.5) is 14.6 Å². The highest BCUT2D eigenvalue weighted by atomic mass is 19.3. The second-order valence-electron chi connectivity index (χ2n) is 5.31. The van der Waals surface area contributed by atoms with Gasteiger partial charge < -0.3 is 15.2 Å². The van der Waals surface area contributed by atoms with E-state index < -0.39 is 30.4 Å². The Kier molecular flexibility index (Phi) is 4.33. The van der Waals surface area contributed by atoms with Crippen LogP contribution in [0.5, 0.6) is 11.5 Å². The number of ether oxygens (including phenoxy) is 2. The summed E-state index contributed by atoms with van der Waals surface area (Å²) in [6, 6.07) is 5.10. The Bertz CT molecular complexity index is 971. The molecule has 0 atom stereocenters. The number of fused-ring (bicyclic) bond motifs is 1. The van der Waals surface area contributed by atoms with Crippen LogP contribution >= 0.6 is 0 Å². The van der Waals surface area contributed by atoms with Crippen molar-refractivity contribution in [3.8, 4) is 17.2 Å². The molecule has 1 aliphatic heterocycles. The van der Waals surface area contributed by atoms with Crippen molar-refractivity contribution in [2.45, 2.75) is 6.43 Å². The van der Waals surface area contributed by atoms with E-state index in [1.54, 1.807) is 0 Å². The molecule has 2 aromatic rings. The van der Waals surface area contributed by atoms with Crippen molar-refractivity contribution < 1.29 is 27.8 Å². The van der Waals surface area contributed by atoms with Gasteiger partial charge in [-0.3, -0.25) is 24.3 Å². The van der Waals surface area contributed by atoms with E-state index in [4.69, 9.17) is 15.2 Å². The third kappa shape index (κ3) is 2.85. The Labute approximate surface area is 145 Å². The zero-order valence-electron chi connectivity index (χ0n) is 13.4. The van der Waals surface area contributed by atoms with Gasteiger partial charge in [0.2, 0.25) is 0 Å². The predicted octanol–water partition coefficient (Wildman–Crippen LogP) is 0.956. The van der Waals surface area contributed by atoms with E-state index in [0.29, 0.717) is 0 Å². The van der Waals surface area contributed by atoms with Crippen LogP contribution in [0, 0.1) is 0 Å². The van der Waals surface area contributed by atoms with Crippen LogP contribution in [0.2, 0.25) is 0 Å². The molecule has 8 nitrogen and oxygen atoms in total. The summed E-state index contributed by atoms with van der Waals surface area (Å²) in [5, 5.41) is 2.05. The summed E-state index contributed by atoms with van der Waals surface area (Å²) >= 11 is 0. The number of alkyl halides is 2. The Morgan fingerprint density at radius 3 is 2.54 bits per heavy atom. The smallest absolute Gasteiger partial charge is 0.272 e. The first-order chi connectivity index (χ1) is 12.3. The number of halogens is 2. The number of pyridine rings is 1. The van der Waals surface area contributed by atoms with Crippen LogP contribution in [0.15, 0.2) is 29.1 Å². The Morgan fingerprint density at radius 2 is 1.88 bits per heavy atom. The monoisotopic (exact) mass is 365 g/mol. The van der Waals surface area contributed by atoms with Crippen molar-refractivity contribution in [1.29, 1.82) is 0 Å². The first-order valence-electron chi connectivity index (χ1n) is 7.34. The lowest BCUT2D eigenvalue weighted by molar-refractivity contribution is 0.0804. The highest BCUT2D eigenvalue weighted by Gasteiger charge is 2.32. The van der Waals surface area contributed by atoms with Crippen LogP contribution in [0.1, 0.15) is 20.7 Å². The Hall–Kier alpha value is -3.43. The van der Waals surface area contributed by atoms with E-state index >= 15 is 0 Å². The van der Waals surface area contributed by atoms with Crippen molar-refractivity contribution in [2.24, 2.45) is 0 Å². The largest absolute Gasteiger partial charge is 0.493 e. The van der Waals surface area contributed by atoms with Crippen molar-refractivity contribution in [3.05, 3.63) is 45.7 Å². The van der Waals surface area contributed by atoms with Gasteiger partial charge in [-0.15, -0.1) is 0 Å². The van der Waals surface area contributed by atoms with Crippen molar-refractivity contribution in [3.63, 3.8) is 0 Å². The van der Waals surface area contributed by atoms with Gasteiger partial charge in [-0.1, -0.05) is 0 Å². The summed E-state index contributed by atoms with van der Waals surface area (Å²) in [6.45, 7) is -0.870. The van der Waals surface area contributed by atoms with Crippen LogP contribution in [-0.2, 0) is 0 Å². The van der Waals surface area contributed by atoms with Gasteiger partial charge in [-0.25, -0.2) is 8.78 Å². The number of imide groups is 1. The van der Waals surface area contributed by atoms with Gasteiger partial charge in [0.25, 0.3) is 23.8 Å². The molecule has 2 heterocycles. The number of benzene rings is 1. The number of aromatic nitrogens is 1. The molecule has 0 saturated heterocycles. The maximum atomic E-state index is 12.4. The lowest BCUT2D eigenvalue weighted by Gasteiger charge is -2.15. The molecular formula is C16H13F2N3O5. The zero-order valence-corrected chi connectivity index (χ0v) is 13.4. The maximum Gasteiger partial charge on any atom is 0.272 e. The quantitative estimate of drug-likeness (QED) is 0.763. The van der Waals surface area contributed by atoms with Gasteiger partial charge in [0.05, 0.1) is 23.9 Å². The second-order valence-corrected chi connectivity index (χ2v) is 5.31. The number of methoxy groups -OCH3 is 1. The number of nitrogen functional groups attached to an aromatic ring is 1. The molecule has 0 fully saturated rings. The molecule has 1 aromatic carbocycles. The summed E-state index contributed by atoms with van der Waals surface area (Å²) in [4.78, 5) is 35.9. The van der Waals surface area contributed by atoms with E-state index in [9.17, 15) is 23.2 Å². The molecule has 10 heteroatoms. The minimum atomic E-state index is -2.70. The fourth-order valence-electron chi connectivity index (χ4n) is 2.62. The molecule has 1 aromatic heterocycles. The van der Waals surface area contributed by atoms with Crippen LogP contribution in [-0.4, -0.2) is 36.5 Å². The van der Waals surface area contributed by atoms with Crippen molar-refractivity contribution in [1.82, 2.24) is 9.88 Å². The molecule has 0 unspecified atom stereocenters. The van der Waals surface area contributed by atoms with Gasteiger partial charge in [-0.2, -0.15) is 0 Å². The predicted molar refractivity (Wildman–Crippen MR) is 86.3 cm³/mol. The molecule has 26 heavy (non-hydrogen) atoms. The van der Waals surface area contributed by atoms with Crippen LogP contribution in [0.3, 0.4) is 0 Å². The van der Waals surface area contributed by atoms with Gasteiger partial charge >= 0.3 is 0 Å². The third-order valence-corrected chi connectivity index (χ3v) is 3.72. The highest BCUT2D eigenvalue weighted by molar-refractivity contribution is 6.23. The molecule has 1 aliphatic rings. The SMILES string of the molecule is COc1ccc(-n2c(N)c3c(cc2=O)C(=O)NC3=O)cc1OCC(F)F. The minimum Gasteiger partial charge on any atom is -0.493 e. The average molecular weight is 365 g/mol. The summed E-state index contributed by atoms with van der Waals surface area (Å²) in [6.07, 6.45) is -2.70. The van der Waals surface area contributed by atoms with Crippen molar-refractivity contribution in [2.75, 3.05) is 19.5 Å². The number of nitrogens with one attached hydrogen (secondary N) is 1. The number of hydrogen-bond acceptors (Lipinski definition) is 6. The molecular weight excluding hydrogens is 352 g/mol. The average Bonchev–Trinajstić information content (AvgIpc) is 2.87. The number of hydrogen-bond donors (Lipinski definition) is 2. The number of anilines is 1. The summed E-state index contributed by atoms with van der Waals surface area (Å²) < 4.78 is 35.9. The van der Waals surface area contributed by atoms with E-state index in [-0.39, 0.29) is 34.1 Å². The maximum absolute atomic E-state index is 12.4. The number of nitrogens with two attached hydrogens (primary N) is 1. The fraction of sp³-hybridized carbons (Fsp3) is 0.188. The number of amides is 2. The molecule has 3 N–H and O–H groups in total. The van der Waals surface area contributed by atoms with Crippen LogP contribution < -0.4 is 26.1 Å². The molecule has 0 bridgehead atoms.